The predicted octanol–water partition coefficient (Wildman–Crippen LogP) is 0.640. The van der Waals surface area contributed by atoms with Crippen LogP contribution in [0.3, 0.4) is 0 Å². The molecule has 2 aromatic rings. The number of rotatable bonds is 5. The van der Waals surface area contributed by atoms with E-state index in [4.69, 9.17) is 0 Å². The number of hydrogen-bond acceptors (Lipinski definition) is 4. The monoisotopic (exact) mass is 313 g/mol. The molecule has 1 fully saturated rings. The molecule has 3 heterocycles. The van der Waals surface area contributed by atoms with Gasteiger partial charge in [0, 0.05) is 57.0 Å². The third kappa shape index (κ3) is 2.95. The zero-order chi connectivity index (χ0) is 15.8. The topological polar surface area (TPSA) is 56.0 Å². The number of nitrogens with zero attached hydrogens (tertiary/aromatic N) is 5. The van der Waals surface area contributed by atoms with Gasteiger partial charge in [0.15, 0.2) is 0 Å². The van der Waals surface area contributed by atoms with Gasteiger partial charge in [-0.3, -0.25) is 9.48 Å². The van der Waals surface area contributed by atoms with Crippen LogP contribution in [0.5, 0.6) is 0 Å². The summed E-state index contributed by atoms with van der Waals surface area (Å²) < 4.78 is 3.62. The standard InChI is InChI=1S/C17H23N5O/c1-20-15(5-7-18-20)6-8-21-10-13(11-21)12-22-17(23)9-14-3-2-4-16(14)19-22/h5,7,9,13H,2-4,6,8,10-12H2,1H3. The fourth-order valence-corrected chi connectivity index (χ4v) is 3.71. The molecule has 0 amide bonds. The molecule has 4 rings (SSSR count). The van der Waals surface area contributed by atoms with Gasteiger partial charge < -0.3 is 4.90 Å². The van der Waals surface area contributed by atoms with Gasteiger partial charge >= 0.3 is 0 Å². The maximum atomic E-state index is 12.1. The summed E-state index contributed by atoms with van der Waals surface area (Å²) in [6.45, 7) is 3.93. The average molecular weight is 313 g/mol. The van der Waals surface area contributed by atoms with Gasteiger partial charge in [0.05, 0.1) is 12.2 Å². The van der Waals surface area contributed by atoms with Crippen molar-refractivity contribution in [1.82, 2.24) is 24.5 Å². The molecule has 1 saturated heterocycles. The average Bonchev–Trinajstić information content (AvgIpc) is 3.10. The molecule has 122 valence electrons. The normalized spacial score (nSPS) is 18.1. The summed E-state index contributed by atoms with van der Waals surface area (Å²) in [4.78, 5) is 14.6. The molecule has 2 aromatic heterocycles. The summed E-state index contributed by atoms with van der Waals surface area (Å²) in [6.07, 6.45) is 6.05. The highest BCUT2D eigenvalue weighted by molar-refractivity contribution is 5.22. The Labute approximate surface area is 135 Å². The van der Waals surface area contributed by atoms with Crippen molar-refractivity contribution in [2.45, 2.75) is 32.2 Å². The lowest BCUT2D eigenvalue weighted by molar-refractivity contribution is 0.0849. The second-order valence-electron chi connectivity index (χ2n) is 6.81. The lowest BCUT2D eigenvalue weighted by Gasteiger charge is -2.39. The first kappa shape index (κ1) is 14.6. The van der Waals surface area contributed by atoms with E-state index in [0.717, 1.165) is 63.1 Å². The molecule has 0 unspecified atom stereocenters. The van der Waals surface area contributed by atoms with Gasteiger partial charge in [0.1, 0.15) is 0 Å². The van der Waals surface area contributed by atoms with Crippen LogP contribution in [0.1, 0.15) is 23.4 Å². The second kappa shape index (κ2) is 5.92. The van der Waals surface area contributed by atoms with E-state index in [1.165, 1.54) is 5.69 Å². The molecule has 1 aliphatic heterocycles. The molecule has 2 aliphatic rings. The van der Waals surface area contributed by atoms with Crippen LogP contribution in [0, 0.1) is 5.92 Å². The smallest absolute Gasteiger partial charge is 0.267 e. The van der Waals surface area contributed by atoms with Crippen molar-refractivity contribution in [2.24, 2.45) is 13.0 Å². The van der Waals surface area contributed by atoms with Crippen molar-refractivity contribution < 1.29 is 0 Å². The van der Waals surface area contributed by atoms with E-state index in [9.17, 15) is 4.79 Å². The highest BCUT2D eigenvalue weighted by Gasteiger charge is 2.27. The molecular formula is C17H23N5O. The van der Waals surface area contributed by atoms with Crippen LogP contribution >= 0.6 is 0 Å². The van der Waals surface area contributed by atoms with Crippen LogP contribution in [0.4, 0.5) is 0 Å². The first-order chi connectivity index (χ1) is 11.2. The van der Waals surface area contributed by atoms with Crippen LogP contribution in [0.2, 0.25) is 0 Å². The van der Waals surface area contributed by atoms with Crippen LogP contribution < -0.4 is 5.56 Å². The zero-order valence-corrected chi connectivity index (χ0v) is 13.6. The van der Waals surface area contributed by atoms with Gasteiger partial charge in [0.25, 0.3) is 5.56 Å². The van der Waals surface area contributed by atoms with E-state index in [2.05, 4.69) is 21.2 Å². The molecular weight excluding hydrogens is 290 g/mol. The quantitative estimate of drug-likeness (QED) is 0.813. The van der Waals surface area contributed by atoms with E-state index in [1.807, 2.05) is 17.9 Å². The predicted molar refractivity (Wildman–Crippen MR) is 87.4 cm³/mol. The van der Waals surface area contributed by atoms with Crippen molar-refractivity contribution in [3.05, 3.63) is 45.6 Å². The summed E-state index contributed by atoms with van der Waals surface area (Å²) in [5.74, 6) is 0.547. The Morgan fingerprint density at radius 3 is 2.96 bits per heavy atom. The van der Waals surface area contributed by atoms with E-state index < -0.39 is 0 Å². The number of aryl methyl sites for hydroxylation is 3. The Balaban J connectivity index is 1.29. The molecule has 0 atom stereocenters. The third-order valence-electron chi connectivity index (χ3n) is 5.09. The van der Waals surface area contributed by atoms with Crippen molar-refractivity contribution >= 4 is 0 Å². The molecule has 0 bridgehead atoms. The number of aromatic nitrogens is 4. The Morgan fingerprint density at radius 1 is 1.30 bits per heavy atom. The summed E-state index contributed by atoms with van der Waals surface area (Å²) in [6, 6.07) is 3.87. The fraction of sp³-hybridized carbons (Fsp3) is 0.588. The molecule has 0 saturated carbocycles. The molecule has 23 heavy (non-hydrogen) atoms. The van der Waals surface area contributed by atoms with Crippen LogP contribution in [-0.4, -0.2) is 44.1 Å². The number of fused-ring (bicyclic) bond motifs is 1. The van der Waals surface area contributed by atoms with Gasteiger partial charge in [0.2, 0.25) is 0 Å². The summed E-state index contributed by atoms with van der Waals surface area (Å²) >= 11 is 0. The lowest BCUT2D eigenvalue weighted by atomic mass is 10.00. The molecule has 0 N–H and O–H groups in total. The molecule has 6 heteroatoms. The van der Waals surface area contributed by atoms with Gasteiger partial charge in [-0.2, -0.15) is 10.2 Å². The Hall–Kier alpha value is -1.95. The van der Waals surface area contributed by atoms with Crippen molar-refractivity contribution in [1.29, 1.82) is 0 Å². The molecule has 0 aromatic carbocycles. The summed E-state index contributed by atoms with van der Waals surface area (Å²) in [5.41, 5.74) is 3.64. The summed E-state index contributed by atoms with van der Waals surface area (Å²) in [5, 5.41) is 8.77. The zero-order valence-electron chi connectivity index (χ0n) is 13.6. The first-order valence-corrected chi connectivity index (χ1v) is 8.48. The SMILES string of the molecule is Cn1nccc1CCN1CC(Cn2nc3c(cc2=O)CCC3)C1. The Morgan fingerprint density at radius 2 is 2.17 bits per heavy atom. The first-order valence-electron chi connectivity index (χ1n) is 8.48. The van der Waals surface area contributed by atoms with Crippen molar-refractivity contribution in [3.63, 3.8) is 0 Å². The minimum atomic E-state index is 0.0685. The van der Waals surface area contributed by atoms with Crippen molar-refractivity contribution in [2.75, 3.05) is 19.6 Å². The Kier molecular flexibility index (Phi) is 3.77. The van der Waals surface area contributed by atoms with E-state index >= 15 is 0 Å². The number of hydrogen-bond donors (Lipinski definition) is 0. The minimum absolute atomic E-state index is 0.0685. The van der Waals surface area contributed by atoms with Crippen LogP contribution in [-0.2, 0) is 32.9 Å². The number of likely N-dealkylation sites (tertiary alicyclic amines) is 1. The van der Waals surface area contributed by atoms with Gasteiger partial charge in [-0.05, 0) is 30.9 Å². The van der Waals surface area contributed by atoms with E-state index in [-0.39, 0.29) is 5.56 Å². The molecule has 0 radical (unpaired) electrons. The highest BCUT2D eigenvalue weighted by Crippen LogP contribution is 2.20. The van der Waals surface area contributed by atoms with Crippen molar-refractivity contribution in [3.8, 4) is 0 Å². The second-order valence-corrected chi connectivity index (χ2v) is 6.81. The van der Waals surface area contributed by atoms with E-state index in [1.54, 1.807) is 10.7 Å². The maximum absolute atomic E-state index is 12.1. The van der Waals surface area contributed by atoms with E-state index in [0.29, 0.717) is 5.92 Å². The molecule has 1 aliphatic carbocycles. The fourth-order valence-electron chi connectivity index (χ4n) is 3.71. The molecule has 6 nitrogen and oxygen atoms in total. The largest absolute Gasteiger partial charge is 0.302 e. The van der Waals surface area contributed by atoms with Gasteiger partial charge in [-0.25, -0.2) is 4.68 Å². The Bertz CT molecular complexity index is 757. The highest BCUT2D eigenvalue weighted by atomic mass is 16.1. The minimum Gasteiger partial charge on any atom is -0.302 e. The molecule has 0 spiro atoms. The lowest BCUT2D eigenvalue weighted by Crippen LogP contribution is -2.50. The third-order valence-corrected chi connectivity index (χ3v) is 5.09. The van der Waals surface area contributed by atoms with Crippen LogP contribution in [0.15, 0.2) is 23.1 Å². The van der Waals surface area contributed by atoms with Gasteiger partial charge in [-0.1, -0.05) is 0 Å². The van der Waals surface area contributed by atoms with Gasteiger partial charge in [-0.15, -0.1) is 0 Å². The maximum Gasteiger partial charge on any atom is 0.267 e. The van der Waals surface area contributed by atoms with Crippen LogP contribution in [0.25, 0.3) is 0 Å². The summed E-state index contributed by atoms with van der Waals surface area (Å²) in [7, 11) is 1.99.